The topological polar surface area (TPSA) is 0 Å². The summed E-state index contributed by atoms with van der Waals surface area (Å²) in [6.07, 6.45) is 5.76. The van der Waals surface area contributed by atoms with Crippen LogP contribution in [0, 0.1) is 5.92 Å². The second kappa shape index (κ2) is 6.62. The molecule has 0 aromatic carbocycles. The van der Waals surface area contributed by atoms with Crippen molar-refractivity contribution in [3.63, 3.8) is 0 Å². The van der Waals surface area contributed by atoms with Gasteiger partial charge in [0.15, 0.2) is 0 Å². The molecule has 2 heteroatoms. The Hall–Kier alpha value is -0.920. The zero-order chi connectivity index (χ0) is 12.8. The summed E-state index contributed by atoms with van der Waals surface area (Å²) in [4.78, 5) is 0. The Labute approximate surface area is 97.7 Å². The van der Waals surface area contributed by atoms with Gasteiger partial charge < -0.3 is 0 Å². The molecule has 0 saturated heterocycles. The average Bonchev–Trinajstić information content (AvgIpc) is 2.15. The van der Waals surface area contributed by atoms with Gasteiger partial charge in [-0.3, -0.25) is 0 Å². The van der Waals surface area contributed by atoms with E-state index in [1.807, 2.05) is 19.1 Å². The van der Waals surface area contributed by atoms with Crippen molar-refractivity contribution >= 4 is 0 Å². The van der Waals surface area contributed by atoms with Crippen LogP contribution >= 0.6 is 0 Å². The Morgan fingerprint density at radius 1 is 1.31 bits per heavy atom. The molecule has 0 amide bonds. The maximum Gasteiger partial charge on any atom is 0.245 e. The third-order valence-electron chi connectivity index (χ3n) is 2.59. The van der Waals surface area contributed by atoms with Gasteiger partial charge in [-0.25, -0.2) is 8.78 Å². The summed E-state index contributed by atoms with van der Waals surface area (Å²) < 4.78 is 25.3. The van der Waals surface area contributed by atoms with E-state index in [0.29, 0.717) is 12.3 Å². The molecule has 92 valence electrons. The van der Waals surface area contributed by atoms with Crippen LogP contribution in [0.5, 0.6) is 0 Å². The molecular formula is C14H22F2. The first-order chi connectivity index (χ1) is 7.26. The number of alkyl halides is 2. The molecule has 0 aliphatic heterocycles. The third-order valence-corrected chi connectivity index (χ3v) is 2.59. The zero-order valence-electron chi connectivity index (χ0n) is 10.7. The van der Waals surface area contributed by atoms with Crippen LogP contribution in [0.4, 0.5) is 8.78 Å². The van der Waals surface area contributed by atoms with Gasteiger partial charge in [-0.05, 0) is 31.8 Å². The van der Waals surface area contributed by atoms with E-state index >= 15 is 0 Å². The van der Waals surface area contributed by atoms with Gasteiger partial charge in [-0.1, -0.05) is 44.2 Å². The standard InChI is InChI=1S/C14H22F2/c1-6-13(9-10-14(5,15)16)8-7-12(4)11(2)3/h6-8,11H,1,9-10H2,2-5H3/b12-7+,13-8+. The van der Waals surface area contributed by atoms with Crippen molar-refractivity contribution < 1.29 is 8.78 Å². The van der Waals surface area contributed by atoms with Crippen molar-refractivity contribution in [3.8, 4) is 0 Å². The summed E-state index contributed by atoms with van der Waals surface area (Å²) in [5.41, 5.74) is 2.10. The fraction of sp³-hybridized carbons (Fsp3) is 0.571. The van der Waals surface area contributed by atoms with Gasteiger partial charge in [0.05, 0.1) is 0 Å². The largest absolute Gasteiger partial charge is 0.245 e. The summed E-state index contributed by atoms with van der Waals surface area (Å²) in [5, 5.41) is 0. The summed E-state index contributed by atoms with van der Waals surface area (Å²) >= 11 is 0. The number of allylic oxidation sites excluding steroid dienone is 5. The first kappa shape index (κ1) is 15.1. The van der Waals surface area contributed by atoms with Crippen LogP contribution in [0.15, 0.2) is 36.0 Å². The van der Waals surface area contributed by atoms with E-state index in [9.17, 15) is 8.78 Å². The van der Waals surface area contributed by atoms with Gasteiger partial charge in [-0.15, -0.1) is 0 Å². The smallest absolute Gasteiger partial charge is 0.207 e. The van der Waals surface area contributed by atoms with Crippen LogP contribution in [0.2, 0.25) is 0 Å². The predicted molar refractivity (Wildman–Crippen MR) is 66.7 cm³/mol. The Morgan fingerprint density at radius 2 is 1.88 bits per heavy atom. The normalized spacial score (nSPS) is 14.4. The van der Waals surface area contributed by atoms with Crippen LogP contribution in [-0.2, 0) is 0 Å². The molecule has 0 atom stereocenters. The van der Waals surface area contributed by atoms with E-state index in [2.05, 4.69) is 20.4 Å². The summed E-state index contributed by atoms with van der Waals surface area (Å²) in [6, 6.07) is 0. The lowest BCUT2D eigenvalue weighted by molar-refractivity contribution is 0.0135. The van der Waals surface area contributed by atoms with Gasteiger partial charge in [0.1, 0.15) is 0 Å². The van der Waals surface area contributed by atoms with Crippen molar-refractivity contribution in [3.05, 3.63) is 36.0 Å². The molecule has 0 radical (unpaired) electrons. The van der Waals surface area contributed by atoms with Crippen LogP contribution < -0.4 is 0 Å². The highest BCUT2D eigenvalue weighted by molar-refractivity contribution is 5.24. The molecule has 0 aliphatic carbocycles. The monoisotopic (exact) mass is 228 g/mol. The number of hydrogen-bond acceptors (Lipinski definition) is 0. The summed E-state index contributed by atoms with van der Waals surface area (Å²) in [7, 11) is 0. The molecule has 0 aliphatic rings. The van der Waals surface area contributed by atoms with E-state index in [1.165, 1.54) is 5.57 Å². The minimum Gasteiger partial charge on any atom is -0.207 e. The number of hydrogen-bond donors (Lipinski definition) is 0. The maximum absolute atomic E-state index is 12.7. The highest BCUT2D eigenvalue weighted by Crippen LogP contribution is 2.22. The van der Waals surface area contributed by atoms with E-state index in [-0.39, 0.29) is 6.42 Å². The van der Waals surface area contributed by atoms with Gasteiger partial charge in [0.2, 0.25) is 5.92 Å². The first-order valence-electron chi connectivity index (χ1n) is 5.64. The number of halogens is 2. The molecular weight excluding hydrogens is 206 g/mol. The molecule has 16 heavy (non-hydrogen) atoms. The molecule has 0 nitrogen and oxygen atoms in total. The predicted octanol–water partition coefficient (Wildman–Crippen LogP) is 5.14. The van der Waals surface area contributed by atoms with E-state index in [0.717, 1.165) is 12.5 Å². The van der Waals surface area contributed by atoms with Gasteiger partial charge >= 0.3 is 0 Å². The molecule has 0 fully saturated rings. The molecule has 0 spiro atoms. The molecule has 0 bridgehead atoms. The van der Waals surface area contributed by atoms with Crippen molar-refractivity contribution in [2.75, 3.05) is 0 Å². The molecule has 0 heterocycles. The highest BCUT2D eigenvalue weighted by atomic mass is 19.3. The molecule has 0 saturated carbocycles. The lowest BCUT2D eigenvalue weighted by Crippen LogP contribution is -2.08. The Kier molecular flexibility index (Phi) is 6.24. The molecule has 0 aromatic heterocycles. The number of rotatable bonds is 6. The second-order valence-corrected chi connectivity index (χ2v) is 4.58. The summed E-state index contributed by atoms with van der Waals surface area (Å²) in [5.74, 6) is -2.12. The lowest BCUT2D eigenvalue weighted by Gasteiger charge is -2.10. The van der Waals surface area contributed by atoms with Crippen LogP contribution in [-0.4, -0.2) is 5.92 Å². The average molecular weight is 228 g/mol. The maximum atomic E-state index is 12.7. The quantitative estimate of drug-likeness (QED) is 0.552. The van der Waals surface area contributed by atoms with Gasteiger partial charge in [0.25, 0.3) is 0 Å². The first-order valence-corrected chi connectivity index (χ1v) is 5.64. The fourth-order valence-electron chi connectivity index (χ4n) is 1.05. The Bertz CT molecular complexity index is 278. The van der Waals surface area contributed by atoms with Crippen molar-refractivity contribution in [2.45, 2.75) is 46.5 Å². The molecule has 0 rings (SSSR count). The van der Waals surface area contributed by atoms with Gasteiger partial charge in [0, 0.05) is 6.42 Å². The van der Waals surface area contributed by atoms with Gasteiger partial charge in [-0.2, -0.15) is 0 Å². The van der Waals surface area contributed by atoms with Crippen LogP contribution in [0.1, 0.15) is 40.5 Å². The second-order valence-electron chi connectivity index (χ2n) is 4.58. The lowest BCUT2D eigenvalue weighted by atomic mass is 10.0. The zero-order valence-corrected chi connectivity index (χ0v) is 10.7. The minimum absolute atomic E-state index is 0.126. The Morgan fingerprint density at radius 3 is 2.25 bits per heavy atom. The SMILES string of the molecule is C=C/C(=C\C=C(/C)C(C)C)CCC(C)(F)F. The summed E-state index contributed by atoms with van der Waals surface area (Å²) in [6.45, 7) is 10.8. The van der Waals surface area contributed by atoms with Crippen LogP contribution in [0.25, 0.3) is 0 Å². The third kappa shape index (κ3) is 7.38. The fourth-order valence-corrected chi connectivity index (χ4v) is 1.05. The van der Waals surface area contributed by atoms with E-state index < -0.39 is 5.92 Å². The molecule has 0 N–H and O–H groups in total. The van der Waals surface area contributed by atoms with Crippen LogP contribution in [0.3, 0.4) is 0 Å². The highest BCUT2D eigenvalue weighted by Gasteiger charge is 2.20. The van der Waals surface area contributed by atoms with Crippen molar-refractivity contribution in [2.24, 2.45) is 5.92 Å². The van der Waals surface area contributed by atoms with E-state index in [4.69, 9.17) is 0 Å². The molecule has 0 unspecified atom stereocenters. The van der Waals surface area contributed by atoms with Crippen molar-refractivity contribution in [1.82, 2.24) is 0 Å². The minimum atomic E-state index is -2.60. The molecule has 0 aromatic rings. The Balaban J connectivity index is 4.45. The van der Waals surface area contributed by atoms with Crippen molar-refractivity contribution in [1.29, 1.82) is 0 Å². The van der Waals surface area contributed by atoms with E-state index in [1.54, 1.807) is 6.08 Å².